The first-order valence-electron chi connectivity index (χ1n) is 8.81. The van der Waals surface area contributed by atoms with Crippen LogP contribution in [0.2, 0.25) is 5.02 Å². The maximum Gasteiger partial charge on any atom is 0.292 e. The summed E-state index contributed by atoms with van der Waals surface area (Å²) in [5, 5.41) is 9.90. The van der Waals surface area contributed by atoms with Crippen LogP contribution in [0.25, 0.3) is 5.69 Å². The second-order valence-corrected chi connectivity index (χ2v) is 6.98. The van der Waals surface area contributed by atoms with Crippen molar-refractivity contribution in [1.29, 1.82) is 0 Å². The van der Waals surface area contributed by atoms with E-state index in [0.29, 0.717) is 11.4 Å². The van der Waals surface area contributed by atoms with Crippen molar-refractivity contribution >= 4 is 28.9 Å². The van der Waals surface area contributed by atoms with Gasteiger partial charge in [-0.25, -0.2) is 0 Å². The summed E-state index contributed by atoms with van der Waals surface area (Å²) in [6.07, 6.45) is 1.44. The molecule has 0 aliphatic rings. The van der Waals surface area contributed by atoms with Gasteiger partial charge in [0.05, 0.1) is 24.1 Å². The van der Waals surface area contributed by atoms with Crippen LogP contribution in [0, 0.1) is 20.8 Å². The molecular weight excluding hydrogens is 376 g/mol. The molecule has 0 aliphatic carbocycles. The number of carbonyl (C=O) groups is 1. The first-order chi connectivity index (χ1) is 13.4. The summed E-state index contributed by atoms with van der Waals surface area (Å²) in [5.74, 6) is -0.238. The number of benzene rings is 2. The zero-order valence-electron chi connectivity index (χ0n) is 15.9. The van der Waals surface area contributed by atoms with Gasteiger partial charge in [-0.3, -0.25) is 9.59 Å². The molecule has 6 nitrogen and oxygen atoms in total. The highest BCUT2D eigenvalue weighted by atomic mass is 35.5. The molecule has 1 amide bonds. The largest absolute Gasteiger partial charge is 0.373 e. The van der Waals surface area contributed by atoms with Gasteiger partial charge >= 0.3 is 0 Å². The first-order valence-corrected chi connectivity index (χ1v) is 9.19. The molecule has 3 rings (SSSR count). The fourth-order valence-corrected chi connectivity index (χ4v) is 3.24. The molecular formula is C21H21ClN4O2. The SMILES string of the molecule is Cc1cc(C)c(NC(=O)CNc2cnn(-c3ccccc3)c(=O)c2Cl)c(C)c1. The molecule has 2 N–H and O–H groups in total. The number of anilines is 2. The molecule has 0 unspecified atom stereocenters. The van der Waals surface area contributed by atoms with Crippen LogP contribution >= 0.6 is 11.6 Å². The van der Waals surface area contributed by atoms with Crippen LogP contribution in [0.15, 0.2) is 53.5 Å². The molecule has 0 bridgehead atoms. The summed E-state index contributed by atoms with van der Waals surface area (Å²) >= 11 is 6.19. The van der Waals surface area contributed by atoms with Crippen LogP contribution in [0.3, 0.4) is 0 Å². The third-order valence-corrected chi connectivity index (χ3v) is 4.67. The van der Waals surface area contributed by atoms with Crippen molar-refractivity contribution < 1.29 is 4.79 Å². The average molecular weight is 397 g/mol. The highest BCUT2D eigenvalue weighted by Gasteiger charge is 2.13. The van der Waals surface area contributed by atoms with Crippen LogP contribution in [0.4, 0.5) is 11.4 Å². The van der Waals surface area contributed by atoms with Crippen LogP contribution in [-0.4, -0.2) is 22.2 Å². The van der Waals surface area contributed by atoms with E-state index in [2.05, 4.69) is 15.7 Å². The third kappa shape index (κ3) is 4.23. The van der Waals surface area contributed by atoms with Gasteiger partial charge in [-0.05, 0) is 44.0 Å². The quantitative estimate of drug-likeness (QED) is 0.686. The molecule has 3 aromatic rings. The third-order valence-electron chi connectivity index (χ3n) is 4.30. The predicted molar refractivity (Wildman–Crippen MR) is 113 cm³/mol. The van der Waals surface area contributed by atoms with E-state index >= 15 is 0 Å². The number of nitrogens with one attached hydrogen (secondary N) is 2. The number of aryl methyl sites for hydroxylation is 3. The summed E-state index contributed by atoms with van der Waals surface area (Å²) in [4.78, 5) is 24.8. The van der Waals surface area contributed by atoms with Crippen LogP contribution in [0.5, 0.6) is 0 Å². The van der Waals surface area contributed by atoms with Crippen molar-refractivity contribution in [2.75, 3.05) is 17.2 Å². The molecule has 144 valence electrons. The second-order valence-electron chi connectivity index (χ2n) is 6.60. The Labute approximate surface area is 168 Å². The van der Waals surface area contributed by atoms with Crippen molar-refractivity contribution in [1.82, 2.24) is 9.78 Å². The number of hydrogen-bond donors (Lipinski definition) is 2. The molecule has 0 fully saturated rings. The number of nitrogens with zero attached hydrogens (tertiary/aromatic N) is 2. The highest BCUT2D eigenvalue weighted by molar-refractivity contribution is 6.33. The maximum absolute atomic E-state index is 12.5. The van der Waals surface area contributed by atoms with Gasteiger partial charge in [-0.1, -0.05) is 47.5 Å². The number of rotatable bonds is 5. The zero-order chi connectivity index (χ0) is 20.3. The van der Waals surface area contributed by atoms with Crippen molar-refractivity contribution in [2.45, 2.75) is 20.8 Å². The summed E-state index contributed by atoms with van der Waals surface area (Å²) in [6, 6.07) is 13.0. The van der Waals surface area contributed by atoms with Crippen molar-refractivity contribution in [3.05, 3.63) is 80.7 Å². The fourth-order valence-electron chi connectivity index (χ4n) is 3.05. The van der Waals surface area contributed by atoms with E-state index in [9.17, 15) is 9.59 Å². The molecule has 0 aliphatic heterocycles. The molecule has 1 heterocycles. The molecule has 1 aromatic heterocycles. The summed E-state index contributed by atoms with van der Waals surface area (Å²) in [5.41, 5.74) is 4.40. The van der Waals surface area contributed by atoms with E-state index in [4.69, 9.17) is 11.6 Å². The Morgan fingerprint density at radius 2 is 1.75 bits per heavy atom. The number of hydrogen-bond acceptors (Lipinski definition) is 4. The Kier molecular flexibility index (Phi) is 5.80. The molecule has 0 spiro atoms. The first kappa shape index (κ1) is 19.6. The lowest BCUT2D eigenvalue weighted by atomic mass is 10.1. The average Bonchev–Trinajstić information content (AvgIpc) is 2.66. The van der Waals surface area contributed by atoms with E-state index in [1.54, 1.807) is 12.1 Å². The lowest BCUT2D eigenvalue weighted by molar-refractivity contribution is -0.114. The molecule has 0 saturated carbocycles. The standard InChI is InChI=1S/C21H21ClN4O2/c1-13-9-14(2)20(15(3)10-13)25-18(27)12-23-17-11-24-26(21(28)19(17)22)16-7-5-4-6-8-16/h4-11,23H,12H2,1-3H3,(H,25,27). The van der Waals surface area contributed by atoms with Crippen molar-refractivity contribution in [3.8, 4) is 5.69 Å². The number of aromatic nitrogens is 2. The van der Waals surface area contributed by atoms with Gasteiger partial charge in [-0.2, -0.15) is 9.78 Å². The highest BCUT2D eigenvalue weighted by Crippen LogP contribution is 2.22. The molecule has 0 atom stereocenters. The Balaban J connectivity index is 1.72. The minimum atomic E-state index is -0.455. The number of para-hydroxylation sites is 1. The van der Waals surface area contributed by atoms with Crippen LogP contribution in [0.1, 0.15) is 16.7 Å². The van der Waals surface area contributed by atoms with Gasteiger partial charge in [-0.15, -0.1) is 0 Å². The van der Waals surface area contributed by atoms with E-state index in [1.165, 1.54) is 10.9 Å². The fraction of sp³-hybridized carbons (Fsp3) is 0.190. The van der Waals surface area contributed by atoms with Crippen molar-refractivity contribution in [3.63, 3.8) is 0 Å². The van der Waals surface area contributed by atoms with E-state index in [0.717, 1.165) is 22.4 Å². The molecule has 2 aromatic carbocycles. The van der Waals surface area contributed by atoms with Gasteiger partial charge in [0.2, 0.25) is 5.91 Å². The van der Waals surface area contributed by atoms with E-state index in [-0.39, 0.29) is 17.5 Å². The zero-order valence-corrected chi connectivity index (χ0v) is 16.7. The van der Waals surface area contributed by atoms with Gasteiger partial charge in [0.25, 0.3) is 5.56 Å². The molecule has 28 heavy (non-hydrogen) atoms. The number of halogens is 1. The molecule has 7 heteroatoms. The summed E-state index contributed by atoms with van der Waals surface area (Å²) in [7, 11) is 0. The summed E-state index contributed by atoms with van der Waals surface area (Å²) in [6.45, 7) is 5.88. The molecule has 0 radical (unpaired) electrons. The Morgan fingerprint density at radius 1 is 1.11 bits per heavy atom. The number of carbonyl (C=O) groups excluding carboxylic acids is 1. The van der Waals surface area contributed by atoms with Gasteiger partial charge in [0.15, 0.2) is 0 Å². The van der Waals surface area contributed by atoms with Gasteiger partial charge < -0.3 is 10.6 Å². The summed E-state index contributed by atoms with van der Waals surface area (Å²) < 4.78 is 1.21. The number of amides is 1. The lowest BCUT2D eigenvalue weighted by Gasteiger charge is -2.14. The van der Waals surface area contributed by atoms with Crippen molar-refractivity contribution in [2.24, 2.45) is 0 Å². The topological polar surface area (TPSA) is 76.0 Å². The van der Waals surface area contributed by atoms with Crippen LogP contribution in [-0.2, 0) is 4.79 Å². The Morgan fingerprint density at radius 3 is 2.39 bits per heavy atom. The smallest absolute Gasteiger partial charge is 0.292 e. The van der Waals surface area contributed by atoms with Crippen LogP contribution < -0.4 is 16.2 Å². The van der Waals surface area contributed by atoms with E-state index in [1.807, 2.05) is 51.1 Å². The van der Waals surface area contributed by atoms with E-state index < -0.39 is 5.56 Å². The van der Waals surface area contributed by atoms with Gasteiger partial charge in [0, 0.05) is 5.69 Å². The molecule has 0 saturated heterocycles. The minimum absolute atomic E-state index is 0.0191. The normalized spacial score (nSPS) is 10.6. The Hall–Kier alpha value is -3.12. The maximum atomic E-state index is 12.5. The minimum Gasteiger partial charge on any atom is -0.373 e. The predicted octanol–water partition coefficient (Wildman–Crippen LogP) is 3.86. The Bertz CT molecular complexity index is 1050. The van der Waals surface area contributed by atoms with Gasteiger partial charge in [0.1, 0.15) is 5.02 Å². The monoisotopic (exact) mass is 396 g/mol. The lowest BCUT2D eigenvalue weighted by Crippen LogP contribution is -2.26. The second kappa shape index (κ2) is 8.27.